The van der Waals surface area contributed by atoms with Gasteiger partial charge in [-0.2, -0.15) is 18.2 Å². The maximum absolute atomic E-state index is 13.1. The Morgan fingerprint density at radius 2 is 1.84 bits per heavy atom. The number of benzene rings is 1. The highest BCUT2D eigenvalue weighted by molar-refractivity contribution is 7.92. The number of halogens is 3. The molecular formula is C19H15F3N6O2S. The average Bonchev–Trinajstić information content (AvgIpc) is 3.12. The summed E-state index contributed by atoms with van der Waals surface area (Å²) in [6.45, 7) is 0. The molecular weight excluding hydrogens is 433 g/mol. The minimum absolute atomic E-state index is 0.0920. The Balaban J connectivity index is 1.72. The van der Waals surface area contributed by atoms with Crippen molar-refractivity contribution in [2.75, 3.05) is 17.1 Å². The smallest absolute Gasteiger partial charge is 0.366 e. The molecule has 0 bridgehead atoms. The van der Waals surface area contributed by atoms with Gasteiger partial charge in [-0.25, -0.2) is 12.9 Å². The molecule has 3 heterocycles. The molecule has 31 heavy (non-hydrogen) atoms. The van der Waals surface area contributed by atoms with Crippen molar-refractivity contribution in [3.05, 3.63) is 66.6 Å². The molecule has 0 saturated carbocycles. The molecule has 0 atom stereocenters. The van der Waals surface area contributed by atoms with Crippen molar-refractivity contribution >= 4 is 27.3 Å². The molecule has 3 aromatic heterocycles. The van der Waals surface area contributed by atoms with Crippen molar-refractivity contribution in [3.63, 3.8) is 0 Å². The molecule has 0 unspecified atom stereocenters. The number of aromatic nitrogens is 4. The highest BCUT2D eigenvalue weighted by atomic mass is 32.2. The minimum atomic E-state index is -4.59. The summed E-state index contributed by atoms with van der Waals surface area (Å²) in [5, 5.41) is 4.01. The fourth-order valence-corrected chi connectivity index (χ4v) is 4.14. The van der Waals surface area contributed by atoms with Crippen LogP contribution in [0.1, 0.15) is 5.56 Å². The van der Waals surface area contributed by atoms with Gasteiger partial charge in [-0.3, -0.25) is 9.29 Å². The molecule has 0 aliphatic carbocycles. The van der Waals surface area contributed by atoms with E-state index in [1.807, 2.05) is 0 Å². The van der Waals surface area contributed by atoms with Crippen LogP contribution in [-0.4, -0.2) is 35.0 Å². The maximum Gasteiger partial charge on any atom is 0.416 e. The lowest BCUT2D eigenvalue weighted by Crippen LogP contribution is -2.27. The van der Waals surface area contributed by atoms with Crippen LogP contribution in [0.15, 0.2) is 66.0 Å². The van der Waals surface area contributed by atoms with Crippen molar-refractivity contribution in [2.45, 2.75) is 11.1 Å². The first-order chi connectivity index (χ1) is 14.6. The molecule has 12 heteroatoms. The number of hydrogen-bond acceptors (Lipinski definition) is 6. The van der Waals surface area contributed by atoms with Gasteiger partial charge in [0.25, 0.3) is 10.0 Å². The number of nitrogens with zero attached hydrogens (tertiary/aromatic N) is 5. The first kappa shape index (κ1) is 20.6. The number of pyridine rings is 2. The Morgan fingerprint density at radius 3 is 2.58 bits per heavy atom. The summed E-state index contributed by atoms with van der Waals surface area (Å²) in [7, 11) is -2.99. The number of nitrogen functional groups attached to an aromatic ring is 1. The van der Waals surface area contributed by atoms with E-state index in [2.05, 4.69) is 15.1 Å². The molecule has 0 fully saturated rings. The van der Waals surface area contributed by atoms with Gasteiger partial charge in [0.15, 0.2) is 5.65 Å². The van der Waals surface area contributed by atoms with Crippen molar-refractivity contribution < 1.29 is 21.6 Å². The van der Waals surface area contributed by atoms with Crippen molar-refractivity contribution in [1.29, 1.82) is 0 Å². The number of anilines is 2. The molecule has 0 amide bonds. The van der Waals surface area contributed by atoms with E-state index in [0.29, 0.717) is 16.8 Å². The van der Waals surface area contributed by atoms with Crippen LogP contribution in [0.4, 0.5) is 24.8 Å². The fraction of sp³-hybridized carbons (Fsp3) is 0.105. The molecule has 0 saturated heterocycles. The second-order valence-corrected chi connectivity index (χ2v) is 8.59. The highest BCUT2D eigenvalue weighted by Gasteiger charge is 2.32. The summed E-state index contributed by atoms with van der Waals surface area (Å²) in [6.07, 6.45) is -0.381. The Morgan fingerprint density at radius 1 is 1.06 bits per heavy atom. The quantitative estimate of drug-likeness (QED) is 0.514. The van der Waals surface area contributed by atoms with Crippen LogP contribution in [0.25, 0.3) is 16.8 Å². The predicted molar refractivity (Wildman–Crippen MR) is 108 cm³/mol. The van der Waals surface area contributed by atoms with Crippen LogP contribution in [-0.2, 0) is 16.2 Å². The van der Waals surface area contributed by atoms with Gasteiger partial charge in [-0.15, -0.1) is 5.10 Å². The normalized spacial score (nSPS) is 12.3. The second-order valence-electron chi connectivity index (χ2n) is 6.62. The monoisotopic (exact) mass is 448 g/mol. The summed E-state index contributed by atoms with van der Waals surface area (Å²) in [4.78, 5) is 7.83. The first-order valence-electron chi connectivity index (χ1n) is 8.79. The van der Waals surface area contributed by atoms with Gasteiger partial charge in [0, 0.05) is 36.8 Å². The van der Waals surface area contributed by atoms with Crippen molar-refractivity contribution in [2.24, 2.45) is 0 Å². The number of sulfonamides is 1. The third-order valence-electron chi connectivity index (χ3n) is 4.59. The molecule has 0 aliphatic rings. The maximum atomic E-state index is 13.1. The van der Waals surface area contributed by atoms with Gasteiger partial charge in [-0.05, 0) is 36.4 Å². The first-order valence-corrected chi connectivity index (χ1v) is 10.2. The molecule has 0 aliphatic heterocycles. The lowest BCUT2D eigenvalue weighted by Gasteiger charge is -2.20. The zero-order valence-corrected chi connectivity index (χ0v) is 16.8. The van der Waals surface area contributed by atoms with Crippen LogP contribution >= 0.6 is 0 Å². The van der Waals surface area contributed by atoms with Gasteiger partial charge in [0.2, 0.25) is 5.95 Å². The third-order valence-corrected chi connectivity index (χ3v) is 6.34. The lowest BCUT2D eigenvalue weighted by molar-refractivity contribution is -0.137. The zero-order chi connectivity index (χ0) is 22.4. The largest absolute Gasteiger partial charge is 0.416 e. The summed E-state index contributed by atoms with van der Waals surface area (Å²) in [5.41, 5.74) is 6.09. The van der Waals surface area contributed by atoms with E-state index in [-0.39, 0.29) is 16.5 Å². The van der Waals surface area contributed by atoms with Gasteiger partial charge in [0.05, 0.1) is 11.3 Å². The summed E-state index contributed by atoms with van der Waals surface area (Å²) >= 11 is 0. The third kappa shape index (κ3) is 3.89. The molecule has 2 N–H and O–H groups in total. The minimum Gasteiger partial charge on any atom is -0.366 e. The molecule has 1 aromatic carbocycles. The molecule has 0 radical (unpaired) electrons. The zero-order valence-electron chi connectivity index (χ0n) is 15.9. The number of nitrogens with two attached hydrogens (primary N) is 1. The second kappa shape index (κ2) is 7.23. The highest BCUT2D eigenvalue weighted by Crippen LogP contribution is 2.33. The number of rotatable bonds is 4. The van der Waals surface area contributed by atoms with Crippen LogP contribution in [0.2, 0.25) is 0 Å². The van der Waals surface area contributed by atoms with E-state index in [0.717, 1.165) is 28.7 Å². The van der Waals surface area contributed by atoms with Crippen molar-refractivity contribution in [3.8, 4) is 11.1 Å². The van der Waals surface area contributed by atoms with Gasteiger partial charge < -0.3 is 5.73 Å². The van der Waals surface area contributed by atoms with Crippen LogP contribution in [0, 0.1) is 0 Å². The average molecular weight is 448 g/mol. The molecule has 160 valence electrons. The number of alkyl halides is 3. The Labute approximate surface area is 174 Å². The van der Waals surface area contributed by atoms with E-state index in [9.17, 15) is 21.6 Å². The van der Waals surface area contributed by atoms with E-state index < -0.39 is 21.8 Å². The molecule has 4 rings (SSSR count). The van der Waals surface area contributed by atoms with E-state index in [1.54, 1.807) is 18.3 Å². The van der Waals surface area contributed by atoms with Crippen LogP contribution in [0.3, 0.4) is 0 Å². The van der Waals surface area contributed by atoms with E-state index in [4.69, 9.17) is 5.73 Å². The Kier molecular flexibility index (Phi) is 4.81. The topological polar surface area (TPSA) is 106 Å². The SMILES string of the molecule is CN(c1cccc(C(F)(F)F)c1)S(=O)(=O)c1cncc(-c2ccc3nc(N)nn3c2)c1. The van der Waals surface area contributed by atoms with Gasteiger partial charge in [-0.1, -0.05) is 6.07 Å². The van der Waals surface area contributed by atoms with Crippen molar-refractivity contribution in [1.82, 2.24) is 19.6 Å². The summed E-state index contributed by atoms with van der Waals surface area (Å²) in [5.74, 6) is 0.0920. The number of hydrogen-bond donors (Lipinski definition) is 1. The summed E-state index contributed by atoms with van der Waals surface area (Å²) in [6, 6.07) is 8.83. The fourth-order valence-electron chi connectivity index (χ4n) is 2.96. The number of fused-ring (bicyclic) bond motifs is 1. The van der Waals surface area contributed by atoms with Crippen LogP contribution in [0.5, 0.6) is 0 Å². The predicted octanol–water partition coefficient (Wildman–Crippen LogP) is 3.22. The van der Waals surface area contributed by atoms with E-state index in [1.165, 1.54) is 29.9 Å². The standard InChI is InChI=1S/C19H15F3N6O2S/c1-27(15-4-2-3-14(8-15)19(20,21)22)31(29,30)16-7-13(9-24-10-16)12-5-6-17-25-18(23)26-28(17)11-12/h2-11H,1H3,(H2,23,26). The lowest BCUT2D eigenvalue weighted by atomic mass is 10.1. The van der Waals surface area contributed by atoms with Crippen LogP contribution < -0.4 is 10.0 Å². The molecule has 8 nitrogen and oxygen atoms in total. The van der Waals surface area contributed by atoms with Gasteiger partial charge in [0.1, 0.15) is 4.90 Å². The summed E-state index contributed by atoms with van der Waals surface area (Å²) < 4.78 is 67.4. The Bertz CT molecular complexity index is 1380. The van der Waals surface area contributed by atoms with E-state index >= 15 is 0 Å². The molecule has 0 spiro atoms. The van der Waals surface area contributed by atoms with Gasteiger partial charge >= 0.3 is 6.18 Å². The Hall–Kier alpha value is -3.67. The molecule has 4 aromatic rings.